The van der Waals surface area contributed by atoms with E-state index in [0.29, 0.717) is 20.7 Å². The normalized spacial score (nSPS) is 11.1. The number of hydrogen-bond donors (Lipinski definition) is 2. The van der Waals surface area contributed by atoms with Crippen molar-refractivity contribution in [3.63, 3.8) is 0 Å². The minimum atomic E-state index is -0.437. The summed E-state index contributed by atoms with van der Waals surface area (Å²) in [5.74, 6) is -0.830. The first-order valence-corrected chi connectivity index (χ1v) is 11.0. The van der Waals surface area contributed by atoms with Crippen LogP contribution >= 0.6 is 27.5 Å². The van der Waals surface area contributed by atoms with Gasteiger partial charge < -0.3 is 15.5 Å². The standard InChI is InChI=1S/C25H23BrClN3O2/c1-16-14-18(27)10-13-22(16)28-25(32)23(15-17-8-11-19(12-9-17)30(2)3)29-24(31)20-6-4-5-7-21(20)26/h4-15H,1-3H3,(H,28,32)(H,29,31). The zero-order valence-corrected chi connectivity index (χ0v) is 20.3. The van der Waals surface area contributed by atoms with Crippen molar-refractivity contribution in [1.82, 2.24) is 5.32 Å². The van der Waals surface area contributed by atoms with E-state index in [2.05, 4.69) is 26.6 Å². The number of carbonyl (C=O) groups is 2. The number of anilines is 2. The maximum atomic E-state index is 13.1. The molecule has 3 aromatic carbocycles. The largest absolute Gasteiger partial charge is 0.378 e. The van der Waals surface area contributed by atoms with Gasteiger partial charge in [-0.3, -0.25) is 9.59 Å². The van der Waals surface area contributed by atoms with Crippen molar-refractivity contribution in [3.8, 4) is 0 Å². The van der Waals surface area contributed by atoms with Crippen LogP contribution in [0.5, 0.6) is 0 Å². The second-order valence-electron chi connectivity index (χ2n) is 7.39. The van der Waals surface area contributed by atoms with Crippen molar-refractivity contribution in [2.24, 2.45) is 0 Å². The summed E-state index contributed by atoms with van der Waals surface area (Å²) >= 11 is 9.41. The molecule has 32 heavy (non-hydrogen) atoms. The number of amides is 2. The molecule has 3 aromatic rings. The van der Waals surface area contributed by atoms with Gasteiger partial charge in [-0.05, 0) is 82.5 Å². The molecule has 0 aliphatic rings. The van der Waals surface area contributed by atoms with Crippen molar-refractivity contribution < 1.29 is 9.59 Å². The van der Waals surface area contributed by atoms with Crippen molar-refractivity contribution in [1.29, 1.82) is 0 Å². The molecule has 0 atom stereocenters. The molecule has 0 bridgehead atoms. The molecule has 5 nitrogen and oxygen atoms in total. The van der Waals surface area contributed by atoms with Gasteiger partial charge in [0.1, 0.15) is 5.70 Å². The predicted molar refractivity (Wildman–Crippen MR) is 135 cm³/mol. The van der Waals surface area contributed by atoms with Crippen molar-refractivity contribution in [2.45, 2.75) is 6.92 Å². The van der Waals surface area contributed by atoms with Gasteiger partial charge in [0, 0.05) is 35.0 Å². The highest BCUT2D eigenvalue weighted by molar-refractivity contribution is 9.10. The fourth-order valence-electron chi connectivity index (χ4n) is 2.99. The molecule has 0 aliphatic carbocycles. The quantitative estimate of drug-likeness (QED) is 0.405. The maximum absolute atomic E-state index is 13.1. The topological polar surface area (TPSA) is 61.4 Å². The Kier molecular flexibility index (Phi) is 7.72. The first kappa shape index (κ1) is 23.6. The SMILES string of the molecule is Cc1cc(Cl)ccc1NC(=O)C(=Cc1ccc(N(C)C)cc1)NC(=O)c1ccccc1Br. The Bertz CT molecular complexity index is 1170. The molecular formula is C25H23BrClN3O2. The molecule has 0 unspecified atom stereocenters. The number of halogens is 2. The van der Waals surface area contributed by atoms with Crippen LogP contribution in [-0.2, 0) is 4.79 Å². The average Bonchev–Trinajstić information content (AvgIpc) is 2.75. The molecule has 0 saturated heterocycles. The zero-order chi connectivity index (χ0) is 23.3. The van der Waals surface area contributed by atoms with Gasteiger partial charge in [0.25, 0.3) is 11.8 Å². The number of nitrogens with one attached hydrogen (secondary N) is 2. The summed E-state index contributed by atoms with van der Waals surface area (Å²) in [6.45, 7) is 1.85. The second-order valence-corrected chi connectivity index (χ2v) is 8.68. The van der Waals surface area contributed by atoms with Crippen LogP contribution in [0.1, 0.15) is 21.5 Å². The average molecular weight is 513 g/mol. The minimum Gasteiger partial charge on any atom is -0.378 e. The second kappa shape index (κ2) is 10.5. The van der Waals surface area contributed by atoms with Crippen molar-refractivity contribution in [3.05, 3.63) is 98.6 Å². The summed E-state index contributed by atoms with van der Waals surface area (Å²) in [7, 11) is 3.91. The summed E-state index contributed by atoms with van der Waals surface area (Å²) < 4.78 is 0.640. The van der Waals surface area contributed by atoms with Crippen LogP contribution in [0.2, 0.25) is 5.02 Å². The lowest BCUT2D eigenvalue weighted by atomic mass is 10.1. The molecule has 0 spiro atoms. The molecule has 0 radical (unpaired) electrons. The maximum Gasteiger partial charge on any atom is 0.272 e. The Balaban J connectivity index is 1.93. The zero-order valence-electron chi connectivity index (χ0n) is 17.9. The van der Waals surface area contributed by atoms with Gasteiger partial charge >= 0.3 is 0 Å². The monoisotopic (exact) mass is 511 g/mol. The van der Waals surface area contributed by atoms with E-state index < -0.39 is 11.8 Å². The fraction of sp³-hybridized carbons (Fsp3) is 0.120. The Labute approximate surface area is 201 Å². The van der Waals surface area contributed by atoms with Gasteiger partial charge in [0.15, 0.2) is 0 Å². The Morgan fingerprint density at radius 3 is 2.31 bits per heavy atom. The van der Waals surface area contributed by atoms with Gasteiger partial charge in [-0.1, -0.05) is 35.9 Å². The lowest BCUT2D eigenvalue weighted by molar-refractivity contribution is -0.113. The molecule has 0 heterocycles. The lowest BCUT2D eigenvalue weighted by Gasteiger charge is -2.14. The highest BCUT2D eigenvalue weighted by atomic mass is 79.9. The van der Waals surface area contributed by atoms with Crippen molar-refractivity contribution >= 4 is 56.8 Å². The first-order valence-electron chi connectivity index (χ1n) is 9.87. The van der Waals surface area contributed by atoms with Crippen LogP contribution < -0.4 is 15.5 Å². The number of carbonyl (C=O) groups excluding carboxylic acids is 2. The van der Waals surface area contributed by atoms with E-state index in [1.807, 2.05) is 56.3 Å². The predicted octanol–water partition coefficient (Wildman–Crippen LogP) is 5.89. The Morgan fingerprint density at radius 1 is 1.00 bits per heavy atom. The molecule has 0 fully saturated rings. The van der Waals surface area contributed by atoms with Crippen LogP contribution in [-0.4, -0.2) is 25.9 Å². The van der Waals surface area contributed by atoms with Gasteiger partial charge in [0.05, 0.1) is 5.56 Å². The third-order valence-corrected chi connectivity index (χ3v) is 5.70. The van der Waals surface area contributed by atoms with Gasteiger partial charge in [-0.2, -0.15) is 0 Å². The van der Waals surface area contributed by atoms with E-state index in [9.17, 15) is 9.59 Å². The van der Waals surface area contributed by atoms with E-state index >= 15 is 0 Å². The highest BCUT2D eigenvalue weighted by Crippen LogP contribution is 2.21. The van der Waals surface area contributed by atoms with Crippen LogP contribution in [0.4, 0.5) is 11.4 Å². The smallest absolute Gasteiger partial charge is 0.272 e. The summed E-state index contributed by atoms with van der Waals surface area (Å²) in [6, 6.07) is 19.9. The van der Waals surface area contributed by atoms with Crippen molar-refractivity contribution in [2.75, 3.05) is 24.3 Å². The number of rotatable bonds is 6. The van der Waals surface area contributed by atoms with E-state index in [0.717, 1.165) is 16.8 Å². The highest BCUT2D eigenvalue weighted by Gasteiger charge is 2.17. The van der Waals surface area contributed by atoms with Crippen LogP contribution in [0.3, 0.4) is 0 Å². The molecule has 2 N–H and O–H groups in total. The first-order chi connectivity index (χ1) is 15.2. The van der Waals surface area contributed by atoms with E-state index in [4.69, 9.17) is 11.6 Å². The molecule has 0 aliphatic heterocycles. The molecule has 2 amide bonds. The molecule has 0 saturated carbocycles. The summed E-state index contributed by atoms with van der Waals surface area (Å²) in [5, 5.41) is 6.20. The number of benzene rings is 3. The Morgan fingerprint density at radius 2 is 1.69 bits per heavy atom. The minimum absolute atomic E-state index is 0.123. The molecule has 164 valence electrons. The summed E-state index contributed by atoms with van der Waals surface area (Å²) in [6.07, 6.45) is 1.65. The van der Waals surface area contributed by atoms with E-state index in [1.165, 1.54) is 0 Å². The Hall–Kier alpha value is -3.09. The summed E-state index contributed by atoms with van der Waals surface area (Å²) in [5.41, 5.74) is 3.79. The lowest BCUT2D eigenvalue weighted by Crippen LogP contribution is -2.31. The molecular weight excluding hydrogens is 490 g/mol. The molecule has 0 aromatic heterocycles. The van der Waals surface area contributed by atoms with Crippen LogP contribution in [0, 0.1) is 6.92 Å². The van der Waals surface area contributed by atoms with E-state index in [-0.39, 0.29) is 5.70 Å². The van der Waals surface area contributed by atoms with Gasteiger partial charge in [-0.15, -0.1) is 0 Å². The number of hydrogen-bond acceptors (Lipinski definition) is 3. The third kappa shape index (κ3) is 5.99. The van der Waals surface area contributed by atoms with Crippen LogP contribution in [0.15, 0.2) is 76.9 Å². The van der Waals surface area contributed by atoms with Gasteiger partial charge in [0.2, 0.25) is 0 Å². The fourth-order valence-corrected chi connectivity index (χ4v) is 3.68. The molecule has 3 rings (SSSR count). The molecule has 7 heteroatoms. The van der Waals surface area contributed by atoms with E-state index in [1.54, 1.807) is 42.5 Å². The number of nitrogens with zero attached hydrogens (tertiary/aromatic N) is 1. The van der Waals surface area contributed by atoms with Crippen LogP contribution in [0.25, 0.3) is 6.08 Å². The third-order valence-electron chi connectivity index (χ3n) is 4.77. The van der Waals surface area contributed by atoms with Gasteiger partial charge in [-0.25, -0.2) is 0 Å². The number of aryl methyl sites for hydroxylation is 1. The summed E-state index contributed by atoms with van der Waals surface area (Å²) in [4.78, 5) is 28.0.